The fourth-order valence-corrected chi connectivity index (χ4v) is 7.47. The van der Waals surface area contributed by atoms with Gasteiger partial charge in [0.25, 0.3) is 0 Å². The van der Waals surface area contributed by atoms with Crippen molar-refractivity contribution in [2.75, 3.05) is 65.2 Å². The first-order chi connectivity index (χ1) is 21.5. The Hall–Kier alpha value is -2.89. The zero-order valence-corrected chi connectivity index (χ0v) is 28.2. The summed E-state index contributed by atoms with van der Waals surface area (Å²) in [6.07, 6.45) is 11.4. The van der Waals surface area contributed by atoms with Crippen LogP contribution in [-0.4, -0.2) is 119 Å². The maximum atomic E-state index is 13.3. The predicted octanol–water partition coefficient (Wildman–Crippen LogP) is 4.21. The molecule has 3 unspecified atom stereocenters. The van der Waals surface area contributed by atoms with Crippen LogP contribution < -0.4 is 15.4 Å². The van der Waals surface area contributed by atoms with Crippen molar-refractivity contribution in [3.63, 3.8) is 0 Å². The predicted molar refractivity (Wildman–Crippen MR) is 177 cm³/mol. The highest BCUT2D eigenvalue weighted by molar-refractivity contribution is 5.68. The highest BCUT2D eigenvalue weighted by Crippen LogP contribution is 2.40. The van der Waals surface area contributed by atoms with Crippen LogP contribution in [0.2, 0.25) is 0 Å². The molecule has 4 atom stereocenters. The number of amides is 1. The quantitative estimate of drug-likeness (QED) is 0.378. The molecule has 2 N–H and O–H groups in total. The van der Waals surface area contributed by atoms with E-state index in [1.54, 1.807) is 0 Å². The molecule has 45 heavy (non-hydrogen) atoms. The van der Waals surface area contributed by atoms with Gasteiger partial charge in [0, 0.05) is 69.0 Å². The van der Waals surface area contributed by atoms with Gasteiger partial charge in [-0.3, -0.25) is 4.90 Å². The molecule has 0 spiro atoms. The van der Waals surface area contributed by atoms with Crippen molar-refractivity contribution in [3.8, 4) is 5.88 Å². The van der Waals surface area contributed by atoms with Gasteiger partial charge < -0.3 is 29.9 Å². The third-order valence-electron chi connectivity index (χ3n) is 10.2. The second-order valence-electron chi connectivity index (χ2n) is 15.0. The Kier molecular flexibility index (Phi) is 9.59. The van der Waals surface area contributed by atoms with Crippen LogP contribution in [0.15, 0.2) is 24.4 Å². The number of nitrogens with one attached hydrogen (secondary N) is 2. The molecule has 4 fully saturated rings. The van der Waals surface area contributed by atoms with Gasteiger partial charge in [0.1, 0.15) is 18.0 Å². The lowest BCUT2D eigenvalue weighted by Gasteiger charge is -2.38. The molecule has 1 amide bonds. The highest BCUT2D eigenvalue weighted by atomic mass is 16.6. The number of carbonyl (C=O) groups excluding carboxylic acids is 1. The molecule has 1 saturated carbocycles. The van der Waals surface area contributed by atoms with Crippen molar-refractivity contribution < 1.29 is 14.3 Å². The van der Waals surface area contributed by atoms with Gasteiger partial charge in [-0.15, -0.1) is 0 Å². The Morgan fingerprint density at radius 1 is 1.13 bits per heavy atom. The van der Waals surface area contributed by atoms with Crippen molar-refractivity contribution in [1.29, 1.82) is 0 Å². The molecule has 4 aliphatic rings. The lowest BCUT2D eigenvalue weighted by molar-refractivity contribution is 0.0499. The fraction of sp³-hybridized carbons (Fsp3) is 0.735. The molecule has 5 heterocycles. The standard InChI is InChI=1S/C34H54N8O3/c1-23(2)28-19-36-42-29(17-30(38-32(28)42)44-26-11-13-34(3,4)35-18-26)37-31-24-9-10-25(31)21-41(20-24)33(43)45-27-12-16-40(22-27)15-8-7-14-39(5)6/h7-8,17,19,23-27,31,35,37H,9-16,18,20-22H2,1-6H3/b8-7+/t24?,25?,26-,27?,31?/m1/s1. The van der Waals surface area contributed by atoms with Gasteiger partial charge in [-0.2, -0.15) is 14.6 Å². The smallest absolute Gasteiger partial charge is 0.410 e. The van der Waals surface area contributed by atoms with E-state index in [1.165, 1.54) is 0 Å². The first kappa shape index (κ1) is 32.1. The van der Waals surface area contributed by atoms with Crippen molar-refractivity contribution in [1.82, 2.24) is 34.6 Å². The Morgan fingerprint density at radius 2 is 1.91 bits per heavy atom. The maximum absolute atomic E-state index is 13.3. The Labute approximate surface area is 268 Å². The summed E-state index contributed by atoms with van der Waals surface area (Å²) in [4.78, 5) is 24.7. The van der Waals surface area contributed by atoms with Gasteiger partial charge in [0.15, 0.2) is 5.65 Å². The van der Waals surface area contributed by atoms with Crippen LogP contribution in [0, 0.1) is 11.8 Å². The number of carbonyl (C=O) groups is 1. The number of hydrogen-bond acceptors (Lipinski definition) is 9. The number of likely N-dealkylation sites (N-methyl/N-ethyl adjacent to an activating group) is 1. The number of hydrogen-bond donors (Lipinski definition) is 2. The monoisotopic (exact) mass is 622 g/mol. The third-order valence-corrected chi connectivity index (χ3v) is 10.2. The topological polar surface area (TPSA) is 99.5 Å². The van der Waals surface area contributed by atoms with Gasteiger partial charge >= 0.3 is 6.09 Å². The Morgan fingerprint density at radius 3 is 2.60 bits per heavy atom. The zero-order valence-electron chi connectivity index (χ0n) is 28.2. The van der Waals surface area contributed by atoms with Crippen molar-refractivity contribution >= 4 is 17.6 Å². The summed E-state index contributed by atoms with van der Waals surface area (Å²) in [7, 11) is 4.14. The van der Waals surface area contributed by atoms with Gasteiger partial charge in [0.2, 0.25) is 5.88 Å². The molecule has 0 radical (unpaired) electrons. The molecular formula is C34H54N8O3. The minimum Gasteiger partial charge on any atom is -0.473 e. The lowest BCUT2D eigenvalue weighted by Crippen LogP contribution is -2.51. The van der Waals surface area contributed by atoms with Gasteiger partial charge in [-0.05, 0) is 77.8 Å². The minimum absolute atomic E-state index is 0.0304. The largest absolute Gasteiger partial charge is 0.473 e. The van der Waals surface area contributed by atoms with E-state index in [1.807, 2.05) is 21.7 Å². The normalized spacial score (nSPS) is 28.5. The number of aromatic nitrogens is 3. The van der Waals surface area contributed by atoms with E-state index in [2.05, 4.69) is 74.4 Å². The molecule has 1 aliphatic carbocycles. The maximum Gasteiger partial charge on any atom is 0.410 e. The molecule has 248 valence electrons. The van der Waals surface area contributed by atoms with Crippen molar-refractivity contribution in [2.24, 2.45) is 11.8 Å². The molecule has 2 aromatic rings. The lowest BCUT2D eigenvalue weighted by atomic mass is 9.92. The Bertz CT molecular complexity index is 1330. The van der Waals surface area contributed by atoms with Gasteiger partial charge in [-0.1, -0.05) is 26.0 Å². The summed E-state index contributed by atoms with van der Waals surface area (Å²) in [5, 5.41) is 12.2. The van der Waals surface area contributed by atoms with E-state index in [-0.39, 0.29) is 29.9 Å². The van der Waals surface area contributed by atoms with Crippen LogP contribution in [0.1, 0.15) is 71.3 Å². The van der Waals surface area contributed by atoms with Gasteiger partial charge in [0.05, 0.1) is 6.20 Å². The van der Waals surface area contributed by atoms with E-state index in [0.29, 0.717) is 36.7 Å². The molecule has 3 saturated heterocycles. The van der Waals surface area contributed by atoms with Crippen LogP contribution in [0.3, 0.4) is 0 Å². The molecule has 11 nitrogen and oxygen atoms in total. The van der Waals surface area contributed by atoms with Crippen LogP contribution in [0.5, 0.6) is 5.88 Å². The zero-order chi connectivity index (χ0) is 31.7. The second kappa shape index (κ2) is 13.5. The third kappa shape index (κ3) is 7.58. The SMILES string of the molecule is CC(C)c1cnn2c(NC3C4CCC3CN(C(=O)OC3CCN(C/C=C/CN(C)C)C3)C4)cc(O[C@@H]3CCC(C)(C)NC3)nc12. The van der Waals surface area contributed by atoms with E-state index in [0.717, 1.165) is 81.9 Å². The van der Waals surface area contributed by atoms with Crippen LogP contribution in [-0.2, 0) is 4.74 Å². The summed E-state index contributed by atoms with van der Waals surface area (Å²) in [6.45, 7) is 14.7. The average molecular weight is 623 g/mol. The van der Waals surface area contributed by atoms with E-state index >= 15 is 0 Å². The minimum atomic E-state index is -0.153. The Balaban J connectivity index is 1.09. The van der Waals surface area contributed by atoms with Gasteiger partial charge in [-0.25, -0.2) is 4.79 Å². The summed E-state index contributed by atoms with van der Waals surface area (Å²) >= 11 is 0. The summed E-state index contributed by atoms with van der Waals surface area (Å²) in [5.74, 6) is 2.57. The van der Waals surface area contributed by atoms with Crippen molar-refractivity contribution in [3.05, 3.63) is 30.0 Å². The summed E-state index contributed by atoms with van der Waals surface area (Å²) < 4.78 is 14.5. The van der Waals surface area contributed by atoms with E-state index in [9.17, 15) is 4.79 Å². The van der Waals surface area contributed by atoms with E-state index < -0.39 is 0 Å². The molecule has 2 bridgehead atoms. The molecular weight excluding hydrogens is 568 g/mol. The number of rotatable bonds is 10. The average Bonchev–Trinajstić information content (AvgIpc) is 3.67. The van der Waals surface area contributed by atoms with E-state index in [4.69, 9.17) is 19.6 Å². The number of anilines is 1. The van der Waals surface area contributed by atoms with Crippen LogP contribution in [0.25, 0.3) is 5.65 Å². The molecule has 2 aromatic heterocycles. The van der Waals surface area contributed by atoms with Crippen LogP contribution >= 0.6 is 0 Å². The highest BCUT2D eigenvalue weighted by Gasteiger charge is 2.44. The number of ether oxygens (including phenoxy) is 2. The number of likely N-dealkylation sites (tertiary alicyclic amines) is 2. The van der Waals surface area contributed by atoms with Crippen LogP contribution in [0.4, 0.5) is 10.6 Å². The number of fused-ring (bicyclic) bond motifs is 3. The number of piperidine rings is 2. The number of nitrogens with zero attached hydrogens (tertiary/aromatic N) is 6. The molecule has 0 aromatic carbocycles. The molecule has 11 heteroatoms. The summed E-state index contributed by atoms with van der Waals surface area (Å²) in [5.41, 5.74) is 2.10. The molecule has 3 aliphatic heterocycles. The first-order valence-electron chi connectivity index (χ1n) is 17.1. The second-order valence-corrected chi connectivity index (χ2v) is 15.0. The van der Waals surface area contributed by atoms with Crippen molar-refractivity contribution in [2.45, 2.75) is 89.5 Å². The first-order valence-corrected chi connectivity index (χ1v) is 17.1. The fourth-order valence-electron chi connectivity index (χ4n) is 7.47. The molecule has 6 rings (SSSR count). The summed E-state index contributed by atoms with van der Waals surface area (Å²) in [6, 6.07) is 2.28.